The van der Waals surface area contributed by atoms with Gasteiger partial charge in [0, 0.05) is 37.7 Å². The highest BCUT2D eigenvalue weighted by molar-refractivity contribution is 8.00. The van der Waals surface area contributed by atoms with Crippen molar-refractivity contribution < 1.29 is 13.2 Å². The third kappa shape index (κ3) is 6.38. The molecule has 0 saturated heterocycles. The molecule has 0 unspecified atom stereocenters. The highest BCUT2D eigenvalue weighted by atomic mass is 32.2. The van der Waals surface area contributed by atoms with E-state index < -0.39 is 5.51 Å². The fourth-order valence-corrected chi connectivity index (χ4v) is 1.69. The Balaban J connectivity index is 2.13. The van der Waals surface area contributed by atoms with Crippen LogP contribution < -0.4 is 10.9 Å². The molecule has 0 radical (unpaired) electrons. The summed E-state index contributed by atoms with van der Waals surface area (Å²) < 4.78 is 36.8. The number of aromatic nitrogens is 1. The van der Waals surface area contributed by atoms with Crippen LogP contribution >= 0.6 is 11.8 Å². The Morgan fingerprint density at radius 1 is 1.29 bits per heavy atom. The molecule has 0 fully saturated rings. The Kier molecular flexibility index (Phi) is 5.57. The van der Waals surface area contributed by atoms with Crippen molar-refractivity contribution in [2.24, 2.45) is 0 Å². The Bertz CT molecular complexity index is 392. The maximum atomic E-state index is 11.8. The first-order valence-electron chi connectivity index (χ1n) is 5.06. The topological polar surface area (TPSA) is 34.0 Å². The molecule has 17 heavy (non-hydrogen) atoms. The molecule has 1 N–H and O–H groups in total. The molecule has 1 heterocycles. The summed E-state index contributed by atoms with van der Waals surface area (Å²) in [5.74, 6) is -0.0206. The SMILES string of the molecule is O=c1ccccn1CCNCCSC(F)(F)F. The predicted octanol–water partition coefficient (Wildman–Crippen LogP) is 1.69. The number of nitrogens with zero attached hydrogens (tertiary/aromatic N) is 1. The van der Waals surface area contributed by atoms with Crippen LogP contribution in [0.3, 0.4) is 0 Å². The number of halogens is 3. The summed E-state index contributed by atoms with van der Waals surface area (Å²) in [4.78, 5) is 11.3. The number of rotatable bonds is 6. The fourth-order valence-electron chi connectivity index (χ4n) is 1.21. The monoisotopic (exact) mass is 266 g/mol. The van der Waals surface area contributed by atoms with E-state index in [1.54, 1.807) is 18.3 Å². The van der Waals surface area contributed by atoms with Crippen molar-refractivity contribution >= 4 is 11.8 Å². The molecule has 0 aliphatic carbocycles. The minimum absolute atomic E-state index is 0.0206. The smallest absolute Gasteiger partial charge is 0.314 e. The number of pyridine rings is 1. The average Bonchev–Trinajstić information content (AvgIpc) is 2.24. The van der Waals surface area contributed by atoms with E-state index in [0.717, 1.165) is 0 Å². The van der Waals surface area contributed by atoms with Crippen LogP contribution in [0.15, 0.2) is 29.2 Å². The van der Waals surface area contributed by atoms with E-state index in [0.29, 0.717) is 13.1 Å². The highest BCUT2D eigenvalue weighted by Gasteiger charge is 2.27. The summed E-state index contributed by atoms with van der Waals surface area (Å²) in [6, 6.07) is 4.83. The van der Waals surface area contributed by atoms with Crippen LogP contribution in [0.1, 0.15) is 0 Å². The van der Waals surface area contributed by atoms with Crippen molar-refractivity contribution in [1.29, 1.82) is 0 Å². The van der Waals surface area contributed by atoms with Gasteiger partial charge in [-0.05, 0) is 17.8 Å². The third-order valence-electron chi connectivity index (χ3n) is 1.97. The lowest BCUT2D eigenvalue weighted by Gasteiger charge is -2.08. The van der Waals surface area contributed by atoms with Crippen molar-refractivity contribution in [3.8, 4) is 0 Å². The van der Waals surface area contributed by atoms with Crippen LogP contribution in [-0.2, 0) is 6.54 Å². The molecule has 96 valence electrons. The van der Waals surface area contributed by atoms with Crippen molar-refractivity contribution in [3.63, 3.8) is 0 Å². The zero-order valence-corrected chi connectivity index (χ0v) is 9.85. The van der Waals surface area contributed by atoms with Gasteiger partial charge >= 0.3 is 5.51 Å². The van der Waals surface area contributed by atoms with Crippen LogP contribution in [0.2, 0.25) is 0 Å². The van der Waals surface area contributed by atoms with Crippen LogP contribution in [0.25, 0.3) is 0 Å². The molecule has 1 rings (SSSR count). The normalized spacial score (nSPS) is 11.7. The Hall–Kier alpha value is -0.950. The van der Waals surface area contributed by atoms with Gasteiger partial charge in [0.1, 0.15) is 0 Å². The minimum Gasteiger partial charge on any atom is -0.314 e. The molecule has 0 atom stereocenters. The summed E-state index contributed by atoms with van der Waals surface area (Å²) in [5.41, 5.74) is -4.28. The van der Waals surface area contributed by atoms with Gasteiger partial charge < -0.3 is 9.88 Å². The van der Waals surface area contributed by atoms with E-state index >= 15 is 0 Å². The van der Waals surface area contributed by atoms with Gasteiger partial charge in [0.15, 0.2) is 0 Å². The van der Waals surface area contributed by atoms with Crippen LogP contribution in [0.4, 0.5) is 13.2 Å². The van der Waals surface area contributed by atoms with Crippen molar-refractivity contribution in [3.05, 3.63) is 34.7 Å². The van der Waals surface area contributed by atoms with Gasteiger partial charge in [-0.2, -0.15) is 13.2 Å². The first-order valence-corrected chi connectivity index (χ1v) is 6.04. The standard InChI is InChI=1S/C10H13F3N2OS/c11-10(12,13)17-8-5-14-4-7-15-6-2-1-3-9(15)16/h1-3,6,14H,4-5,7-8H2. The molecular weight excluding hydrogens is 253 g/mol. The molecule has 0 aliphatic rings. The molecule has 0 saturated carbocycles. The number of hydrogen-bond acceptors (Lipinski definition) is 3. The molecule has 1 aromatic rings. The van der Waals surface area contributed by atoms with Gasteiger partial charge in [-0.1, -0.05) is 6.07 Å². The summed E-state index contributed by atoms with van der Waals surface area (Å²) in [7, 11) is 0. The van der Waals surface area contributed by atoms with E-state index in [1.165, 1.54) is 10.6 Å². The van der Waals surface area contributed by atoms with E-state index in [2.05, 4.69) is 5.32 Å². The average molecular weight is 266 g/mol. The maximum absolute atomic E-state index is 11.8. The van der Waals surface area contributed by atoms with Gasteiger partial charge in [0.2, 0.25) is 0 Å². The van der Waals surface area contributed by atoms with Gasteiger partial charge in [-0.3, -0.25) is 4.79 Å². The second-order valence-electron chi connectivity index (χ2n) is 3.28. The van der Waals surface area contributed by atoms with Crippen LogP contribution in [0.5, 0.6) is 0 Å². The number of hydrogen-bond donors (Lipinski definition) is 1. The molecule has 0 spiro atoms. The van der Waals surface area contributed by atoms with E-state index in [4.69, 9.17) is 0 Å². The van der Waals surface area contributed by atoms with Gasteiger partial charge in [-0.15, -0.1) is 0 Å². The summed E-state index contributed by atoms with van der Waals surface area (Å²) in [5, 5.41) is 2.85. The first kappa shape index (κ1) is 14.1. The van der Waals surface area contributed by atoms with Crippen molar-refractivity contribution in [1.82, 2.24) is 9.88 Å². The Morgan fingerprint density at radius 3 is 2.71 bits per heavy atom. The lowest BCUT2D eigenvalue weighted by Crippen LogP contribution is -2.27. The van der Waals surface area contributed by atoms with E-state index in [1.807, 2.05) is 0 Å². The molecule has 0 aromatic carbocycles. The number of alkyl halides is 3. The predicted molar refractivity (Wildman–Crippen MR) is 62.1 cm³/mol. The van der Waals surface area contributed by atoms with Crippen LogP contribution in [-0.4, -0.2) is 28.9 Å². The summed E-state index contributed by atoms with van der Waals surface area (Å²) in [6.45, 7) is 1.20. The third-order valence-corrected chi connectivity index (χ3v) is 2.71. The molecule has 0 aliphatic heterocycles. The quantitative estimate of drug-likeness (QED) is 0.796. The fraction of sp³-hybridized carbons (Fsp3) is 0.500. The van der Waals surface area contributed by atoms with Crippen molar-refractivity contribution in [2.45, 2.75) is 12.1 Å². The number of thioether (sulfide) groups is 1. The molecule has 1 aromatic heterocycles. The van der Waals surface area contributed by atoms with E-state index in [-0.39, 0.29) is 29.6 Å². The molecule has 0 amide bonds. The molecular formula is C10H13F3N2OS. The number of nitrogens with one attached hydrogen (secondary N) is 1. The van der Waals surface area contributed by atoms with Crippen LogP contribution in [0, 0.1) is 0 Å². The maximum Gasteiger partial charge on any atom is 0.441 e. The lowest BCUT2D eigenvalue weighted by atomic mass is 10.4. The minimum atomic E-state index is -4.17. The van der Waals surface area contributed by atoms with Gasteiger partial charge in [0.05, 0.1) is 0 Å². The Labute approximate surface area is 101 Å². The molecule has 7 heteroatoms. The molecule has 3 nitrogen and oxygen atoms in total. The zero-order chi connectivity index (χ0) is 12.7. The van der Waals surface area contributed by atoms with Crippen molar-refractivity contribution in [2.75, 3.05) is 18.8 Å². The zero-order valence-electron chi connectivity index (χ0n) is 9.04. The first-order chi connectivity index (χ1) is 7.99. The summed E-state index contributed by atoms with van der Waals surface area (Å²) in [6.07, 6.45) is 1.65. The van der Waals surface area contributed by atoms with Gasteiger partial charge in [0.25, 0.3) is 5.56 Å². The highest BCUT2D eigenvalue weighted by Crippen LogP contribution is 2.29. The lowest BCUT2D eigenvalue weighted by molar-refractivity contribution is -0.0327. The summed E-state index contributed by atoms with van der Waals surface area (Å²) >= 11 is -0.0481. The second kappa shape index (κ2) is 6.70. The van der Waals surface area contributed by atoms with Gasteiger partial charge in [-0.25, -0.2) is 0 Å². The largest absolute Gasteiger partial charge is 0.441 e. The van der Waals surface area contributed by atoms with E-state index in [9.17, 15) is 18.0 Å². The second-order valence-corrected chi connectivity index (χ2v) is 4.44. The molecule has 0 bridgehead atoms. The Morgan fingerprint density at radius 2 is 2.06 bits per heavy atom.